The lowest BCUT2D eigenvalue weighted by Gasteiger charge is -2.60. The summed E-state index contributed by atoms with van der Waals surface area (Å²) in [6, 6.07) is 0. The first kappa shape index (κ1) is 109. The Bertz CT molecular complexity index is 4300. The molecule has 0 aromatic carbocycles. The Balaban J connectivity index is 0.000000152. The summed E-state index contributed by atoms with van der Waals surface area (Å²) in [5.74, 6) is 7.88. The van der Waals surface area contributed by atoms with Crippen molar-refractivity contribution >= 4 is 67.8 Å². The Morgan fingerprint density at radius 3 is 1.00 bits per heavy atom. The maximum atomic E-state index is 13.6. The van der Waals surface area contributed by atoms with E-state index in [9.17, 15) is 29.7 Å². The number of aliphatic hydroxyl groups excluding tert-OH is 3. The van der Waals surface area contributed by atoms with E-state index >= 15 is 0 Å². The SMILES string of the molecule is CC(=O)[C@]12CC[C@H](O)CC1=CCC1C2CC[C@@]2(C)C1CC[C@@H]2O.CC(=O)[C@]12CC[C@H](O[Si](C)(C)C(C)(C)C)CC1=CCC1C2CC[C@@]2(C)C1CC[C@@H]2O[Si](C)(C)C(C)(C)C.CC(C)(C)[Si](C)(C)O[C@H]1CC[C@@]2(C=O)C(=CCC3C2CC[C@@]2(C)C3CC[C@@H]2O[Si](C)(C)C(C)(C)C)C1.CC(O)[C@]12CC[C@H](O[Si](C)(C)C(C)(C)C)CC1=CCC1C2CC[C@@]2(C)C1CC[C@@H]2O[Si](C)(C)C(C)(C)C. The van der Waals surface area contributed by atoms with Gasteiger partial charge in [0.25, 0.3) is 0 Å². The van der Waals surface area contributed by atoms with Crippen LogP contribution >= 0.6 is 0 Å². The van der Waals surface area contributed by atoms with Crippen molar-refractivity contribution in [2.24, 2.45) is 114 Å². The van der Waals surface area contributed by atoms with E-state index in [0.717, 1.165) is 121 Å². The van der Waals surface area contributed by atoms with Crippen molar-refractivity contribution in [1.29, 1.82) is 0 Å². The Morgan fingerprint density at radius 1 is 0.338 bits per heavy atom. The highest BCUT2D eigenvalue weighted by molar-refractivity contribution is 6.76. The van der Waals surface area contributed by atoms with Gasteiger partial charge in [-0.05, 0) is 428 Å². The number of rotatable bonds is 16. The fourth-order valence-corrected chi connectivity index (χ4v) is 40.2. The maximum Gasteiger partial charge on any atom is 0.192 e. The Hall–Kier alpha value is -1.09. The fourth-order valence-electron chi connectivity index (χ4n) is 31.6. The molecule has 16 rings (SSSR count). The average Bonchev–Trinajstić information content (AvgIpc) is 1.69. The molecule has 0 spiro atoms. The number of aliphatic hydroxyl groups is 3. The molecule has 0 bridgehead atoms. The second kappa shape index (κ2) is 37.4. The number of carbonyl (C=O) groups is 3. The number of hydrogen-bond acceptors (Lipinski definition) is 12. The second-order valence-electron chi connectivity index (χ2n) is 58.5. The van der Waals surface area contributed by atoms with Crippen LogP contribution in [0.1, 0.15) is 379 Å². The molecule has 0 aromatic rings. The Kier molecular flexibility index (Phi) is 30.7. The molecule has 12 fully saturated rings. The highest BCUT2D eigenvalue weighted by Gasteiger charge is 2.69. The third kappa shape index (κ3) is 19.3. The van der Waals surface area contributed by atoms with Gasteiger partial charge < -0.3 is 46.7 Å². The highest BCUT2D eigenvalue weighted by Crippen LogP contribution is 2.73. The van der Waals surface area contributed by atoms with Crippen LogP contribution in [0.5, 0.6) is 0 Å². The topological polar surface area (TPSA) is 167 Å². The van der Waals surface area contributed by atoms with Crippen molar-refractivity contribution in [1.82, 2.24) is 0 Å². The highest BCUT2D eigenvalue weighted by atomic mass is 28.4. The van der Waals surface area contributed by atoms with Crippen LogP contribution in [0.2, 0.25) is 109 Å². The van der Waals surface area contributed by atoms with Crippen LogP contribution in [0.3, 0.4) is 0 Å². The van der Waals surface area contributed by atoms with Gasteiger partial charge in [0.15, 0.2) is 49.9 Å². The van der Waals surface area contributed by atoms with Crippen LogP contribution < -0.4 is 0 Å². The van der Waals surface area contributed by atoms with E-state index < -0.39 is 49.9 Å². The van der Waals surface area contributed by atoms with Gasteiger partial charge >= 0.3 is 0 Å². The van der Waals surface area contributed by atoms with Crippen molar-refractivity contribution in [3.8, 4) is 0 Å². The quantitative estimate of drug-likeness (QED) is 0.0761. The lowest BCUT2D eigenvalue weighted by molar-refractivity contribution is -0.138. The molecular weight excluding hydrogens is 1740 g/mol. The molecule has 16 aliphatic carbocycles. The number of ketones is 2. The molecule has 0 aromatic heterocycles. The van der Waals surface area contributed by atoms with Crippen molar-refractivity contribution in [2.75, 3.05) is 0 Å². The molecule has 16 aliphatic rings. The summed E-state index contributed by atoms with van der Waals surface area (Å²) in [5.41, 5.74) is 5.64. The van der Waals surface area contributed by atoms with E-state index in [-0.39, 0.29) is 104 Å². The summed E-state index contributed by atoms with van der Waals surface area (Å²) in [6.07, 6.45) is 47.5. The monoisotopic (exact) mass is 1950 g/mol. The predicted molar refractivity (Wildman–Crippen MR) is 568 cm³/mol. The smallest absolute Gasteiger partial charge is 0.192 e. The second-order valence-corrected chi connectivity index (χ2v) is 87.1. The van der Waals surface area contributed by atoms with E-state index in [4.69, 9.17) is 26.6 Å². The molecule has 0 radical (unpaired) electrons. The molecular formula is C115H204O12Si6. The van der Waals surface area contributed by atoms with Gasteiger partial charge in [0.05, 0.1) is 52.9 Å². The minimum atomic E-state index is -1.83. The first-order valence-electron chi connectivity index (χ1n) is 55.2. The lowest BCUT2D eigenvalue weighted by Crippen LogP contribution is -2.57. The van der Waals surface area contributed by atoms with Gasteiger partial charge in [-0.2, -0.15) is 0 Å². The molecule has 29 atom stereocenters. The number of hydrogen-bond donors (Lipinski definition) is 3. The van der Waals surface area contributed by atoms with Crippen molar-refractivity contribution in [3.05, 3.63) is 46.6 Å². The molecule has 0 heterocycles. The van der Waals surface area contributed by atoms with Crippen molar-refractivity contribution < 1.29 is 56.3 Å². The Morgan fingerprint density at radius 2 is 0.624 bits per heavy atom. The van der Waals surface area contributed by atoms with Crippen LogP contribution in [0.4, 0.5) is 0 Å². The summed E-state index contributed by atoms with van der Waals surface area (Å²) in [4.78, 5) is 39.3. The van der Waals surface area contributed by atoms with E-state index in [1.807, 2.05) is 6.92 Å². The normalized spacial score (nSPS) is 41.7. The number of carbonyl (C=O) groups excluding carboxylic acids is 3. The van der Waals surface area contributed by atoms with Gasteiger partial charge in [0.2, 0.25) is 0 Å². The third-order valence-corrected chi connectivity index (χ3v) is 73.0. The minimum Gasteiger partial charge on any atom is -0.414 e. The zero-order valence-electron chi connectivity index (χ0n) is 92.7. The van der Waals surface area contributed by atoms with Crippen molar-refractivity contribution in [3.63, 3.8) is 0 Å². The molecule has 133 heavy (non-hydrogen) atoms. The Labute approximate surface area is 821 Å². The van der Waals surface area contributed by atoms with E-state index in [2.05, 4.69) is 262 Å². The molecule has 0 amide bonds. The summed E-state index contributed by atoms with van der Waals surface area (Å²) in [6.45, 7) is 86.7. The van der Waals surface area contributed by atoms with Crippen LogP contribution in [0, 0.1) is 114 Å². The number of aldehydes is 1. The van der Waals surface area contributed by atoms with Crippen LogP contribution in [0.25, 0.3) is 0 Å². The largest absolute Gasteiger partial charge is 0.414 e. The molecule has 18 heteroatoms. The van der Waals surface area contributed by atoms with E-state index in [0.29, 0.717) is 108 Å². The zero-order valence-corrected chi connectivity index (χ0v) is 98.7. The zero-order chi connectivity index (χ0) is 99.0. The number of fused-ring (bicyclic) bond motifs is 20. The van der Waals surface area contributed by atoms with E-state index in [1.54, 1.807) is 6.92 Å². The lowest BCUT2D eigenvalue weighted by atomic mass is 9.46. The summed E-state index contributed by atoms with van der Waals surface area (Å²) in [7, 11) is -10.9. The van der Waals surface area contributed by atoms with Gasteiger partial charge in [0, 0.05) is 23.7 Å². The van der Waals surface area contributed by atoms with Crippen molar-refractivity contribution in [2.45, 2.75) is 542 Å². The van der Waals surface area contributed by atoms with Crippen LogP contribution in [-0.4, -0.2) is 138 Å². The van der Waals surface area contributed by atoms with Gasteiger partial charge in [-0.15, -0.1) is 0 Å². The number of allylic oxidation sites excluding steroid dienone is 4. The number of Topliss-reactive ketones (excluding diaryl/α,β-unsaturated/α-hetero) is 2. The minimum absolute atomic E-state index is 0.0457. The third-order valence-electron chi connectivity index (χ3n) is 45.9. The van der Waals surface area contributed by atoms with Gasteiger partial charge in [-0.3, -0.25) is 9.59 Å². The molecule has 3 N–H and O–H groups in total. The average molecular weight is 1950 g/mol. The van der Waals surface area contributed by atoms with Gasteiger partial charge in [0.1, 0.15) is 17.9 Å². The molecule has 0 aliphatic heterocycles. The summed E-state index contributed by atoms with van der Waals surface area (Å²) < 4.78 is 42.1. The molecule has 0 saturated heterocycles. The van der Waals surface area contributed by atoms with E-state index in [1.165, 1.54) is 112 Å². The summed E-state index contributed by atoms with van der Waals surface area (Å²) >= 11 is 0. The van der Waals surface area contributed by atoms with Gasteiger partial charge in [-0.1, -0.05) is 199 Å². The maximum absolute atomic E-state index is 13.6. The first-order chi connectivity index (χ1) is 60.8. The molecule has 12 nitrogen and oxygen atoms in total. The van der Waals surface area contributed by atoms with Crippen LogP contribution in [-0.2, 0) is 40.9 Å². The molecule has 12 saturated carbocycles. The predicted octanol–water partition coefficient (Wildman–Crippen LogP) is 30.5. The van der Waals surface area contributed by atoms with Gasteiger partial charge in [-0.25, -0.2) is 0 Å². The fraction of sp³-hybridized carbons (Fsp3) is 0.904. The summed E-state index contributed by atoms with van der Waals surface area (Å²) in [5, 5.41) is 33.4. The molecule has 760 valence electrons. The van der Waals surface area contributed by atoms with Crippen LogP contribution in [0.15, 0.2) is 46.6 Å². The first-order valence-corrected chi connectivity index (χ1v) is 72.6. The molecule has 13 unspecified atom stereocenters. The standard InChI is InChI=1S/C32H60O3Si2.C32H58O3Si2.C31H56O3Si2.C20H30O3/c2*1-22(33)32-20-17-24(34-36(9,10)29(2,3)4)21-23(32)13-14-25-26-15-16-28(31(26,8)19-18-27(25)32)35-37(11,12)30(5,6)7;1-28(2,3)35(8,9)33-23-16-19-31(21-32)22(20-23)12-13-24-25-14-15-27(30(25,7)18-17-26(24)31)34-36(10,11)29(4,5)6;1-12(21)20-10-7-14(22)11-13(20)3-4-15-16-5-6-18(23)19(16,2)9-8-17(15)20/h13,22,24-28,33H,14-21H2,1-12H3;13,24-28H,14-21H2,1-12H3;12,21,23-27H,13-20H2,1-11H3;3,14-18,22-23H,4-11H2,1-2H3/t22?,24-,25?,26?,27?,28-,31-,32+;24-,25?,26?,27?,28-,31-,32+;23-,24?,25?,26?,27-,30-,31+;14-,15?,16?,17?,18-,19-,20+/m0000/s1.